The fraction of sp³-hybridized carbons (Fsp3) is 0.368. The van der Waals surface area contributed by atoms with Crippen LogP contribution in [0.25, 0.3) is 6.08 Å². The molecular formula is C19H26N2O4. The van der Waals surface area contributed by atoms with Gasteiger partial charge in [0.25, 0.3) is 0 Å². The van der Waals surface area contributed by atoms with Crippen molar-refractivity contribution in [1.29, 1.82) is 0 Å². The van der Waals surface area contributed by atoms with Crippen molar-refractivity contribution in [3.8, 4) is 5.75 Å². The summed E-state index contributed by atoms with van der Waals surface area (Å²) in [5.41, 5.74) is 1.39. The number of carbonyl (C=O) groups excluding carboxylic acids is 2. The lowest BCUT2D eigenvalue weighted by molar-refractivity contribution is -0.118. The summed E-state index contributed by atoms with van der Waals surface area (Å²) >= 11 is 0. The molecular weight excluding hydrogens is 320 g/mol. The number of hydrogen-bond donors (Lipinski definition) is 3. The number of aliphatic hydroxyl groups is 1. The Bertz CT molecular complexity index is 624. The molecule has 1 aromatic rings. The molecule has 0 saturated heterocycles. The molecule has 2 amide bonds. The van der Waals surface area contributed by atoms with Crippen LogP contribution in [0.3, 0.4) is 0 Å². The Morgan fingerprint density at radius 3 is 2.60 bits per heavy atom. The number of methoxy groups -OCH3 is 1. The predicted molar refractivity (Wildman–Crippen MR) is 98.1 cm³/mol. The van der Waals surface area contributed by atoms with Gasteiger partial charge in [0.15, 0.2) is 0 Å². The third-order valence-corrected chi connectivity index (χ3v) is 3.46. The van der Waals surface area contributed by atoms with Crippen LogP contribution in [0.1, 0.15) is 25.3 Å². The van der Waals surface area contributed by atoms with E-state index in [0.29, 0.717) is 18.7 Å². The normalized spacial score (nSPS) is 11.4. The van der Waals surface area contributed by atoms with E-state index in [1.165, 1.54) is 12.2 Å². The second kappa shape index (κ2) is 11.9. The highest BCUT2D eigenvalue weighted by molar-refractivity contribution is 5.92. The van der Waals surface area contributed by atoms with Crippen LogP contribution < -0.4 is 15.4 Å². The number of nitrogens with one attached hydrogen (secondary N) is 2. The molecule has 0 atom stereocenters. The fourth-order valence-electron chi connectivity index (χ4n) is 2.01. The maximum atomic E-state index is 11.7. The van der Waals surface area contributed by atoms with Crippen LogP contribution >= 0.6 is 0 Å². The second-order valence-electron chi connectivity index (χ2n) is 5.43. The van der Waals surface area contributed by atoms with Crippen LogP contribution in [-0.2, 0) is 9.59 Å². The molecule has 0 aliphatic rings. The highest BCUT2D eigenvalue weighted by atomic mass is 16.5. The number of aliphatic hydroxyl groups excluding tert-OH is 1. The van der Waals surface area contributed by atoms with E-state index < -0.39 is 0 Å². The summed E-state index contributed by atoms with van der Waals surface area (Å²) in [7, 11) is 1.60. The standard InChI is InChI=1S/C19H26N2O4/c1-15(10-13-22)19(24)21-12-4-3-11-20-18(23)9-8-16-6-5-7-17(14-16)25-2/h5-10,14,22H,3-4,11-13H2,1-2H3,(H,20,23)(H,21,24)/b9-8+,15-10+. The highest BCUT2D eigenvalue weighted by Crippen LogP contribution is 2.13. The van der Waals surface area contributed by atoms with E-state index in [-0.39, 0.29) is 18.4 Å². The third-order valence-electron chi connectivity index (χ3n) is 3.46. The lowest BCUT2D eigenvalue weighted by atomic mass is 10.2. The van der Waals surface area contributed by atoms with Gasteiger partial charge < -0.3 is 20.5 Å². The molecule has 1 rings (SSSR count). The molecule has 0 fully saturated rings. The van der Waals surface area contributed by atoms with Gasteiger partial charge in [-0.25, -0.2) is 0 Å². The SMILES string of the molecule is COc1cccc(/C=C/C(=O)NCCCCNC(=O)/C(C)=C/CO)c1. The molecule has 136 valence electrons. The van der Waals surface area contributed by atoms with Crippen molar-refractivity contribution in [3.63, 3.8) is 0 Å². The Balaban J connectivity index is 2.19. The number of ether oxygens (including phenoxy) is 1. The van der Waals surface area contributed by atoms with Gasteiger partial charge in [-0.15, -0.1) is 0 Å². The molecule has 0 radical (unpaired) electrons. The molecule has 6 nitrogen and oxygen atoms in total. The van der Waals surface area contributed by atoms with Crippen molar-refractivity contribution in [1.82, 2.24) is 10.6 Å². The molecule has 0 aromatic heterocycles. The smallest absolute Gasteiger partial charge is 0.246 e. The maximum Gasteiger partial charge on any atom is 0.246 e. The molecule has 1 aromatic carbocycles. The Labute approximate surface area is 148 Å². The van der Waals surface area contributed by atoms with E-state index in [9.17, 15) is 9.59 Å². The summed E-state index contributed by atoms with van der Waals surface area (Å²) in [6.45, 7) is 2.59. The fourth-order valence-corrected chi connectivity index (χ4v) is 2.01. The van der Waals surface area contributed by atoms with E-state index in [1.807, 2.05) is 24.3 Å². The first-order chi connectivity index (χ1) is 12.1. The number of hydrogen-bond acceptors (Lipinski definition) is 4. The van der Waals surface area contributed by atoms with Crippen LogP contribution in [-0.4, -0.2) is 43.7 Å². The van der Waals surface area contributed by atoms with Crippen LogP contribution in [0.4, 0.5) is 0 Å². The predicted octanol–water partition coefficient (Wildman–Crippen LogP) is 1.66. The minimum Gasteiger partial charge on any atom is -0.497 e. The van der Waals surface area contributed by atoms with Gasteiger partial charge in [-0.05, 0) is 43.5 Å². The minimum absolute atomic E-state index is 0.144. The first kappa shape index (κ1) is 20.4. The third kappa shape index (κ3) is 8.72. The monoisotopic (exact) mass is 346 g/mol. The van der Waals surface area contributed by atoms with Crippen molar-refractivity contribution in [3.05, 3.63) is 47.6 Å². The summed E-state index contributed by atoms with van der Waals surface area (Å²) in [6, 6.07) is 7.45. The lowest BCUT2D eigenvalue weighted by Crippen LogP contribution is -2.27. The minimum atomic E-state index is -0.181. The molecule has 0 aliphatic heterocycles. The summed E-state index contributed by atoms with van der Waals surface area (Å²) in [5.74, 6) is 0.404. The van der Waals surface area contributed by atoms with Gasteiger partial charge in [0.2, 0.25) is 11.8 Å². The number of carbonyl (C=O) groups is 2. The van der Waals surface area contributed by atoms with Gasteiger partial charge in [-0.2, -0.15) is 0 Å². The quantitative estimate of drug-likeness (QED) is 0.444. The first-order valence-electron chi connectivity index (χ1n) is 8.22. The zero-order valence-corrected chi connectivity index (χ0v) is 14.7. The zero-order chi connectivity index (χ0) is 18.5. The summed E-state index contributed by atoms with van der Waals surface area (Å²) in [4.78, 5) is 23.3. The average Bonchev–Trinajstić information content (AvgIpc) is 2.63. The molecule has 6 heteroatoms. The van der Waals surface area contributed by atoms with Gasteiger partial charge in [-0.3, -0.25) is 9.59 Å². The van der Waals surface area contributed by atoms with Crippen molar-refractivity contribution < 1.29 is 19.4 Å². The van der Waals surface area contributed by atoms with Crippen molar-refractivity contribution in [2.24, 2.45) is 0 Å². The average molecular weight is 346 g/mol. The highest BCUT2D eigenvalue weighted by Gasteiger charge is 2.02. The van der Waals surface area contributed by atoms with Crippen LogP contribution in [0.2, 0.25) is 0 Å². The number of rotatable bonds is 10. The second-order valence-corrected chi connectivity index (χ2v) is 5.43. The topological polar surface area (TPSA) is 87.7 Å². The zero-order valence-electron chi connectivity index (χ0n) is 14.7. The molecule has 0 aliphatic carbocycles. The van der Waals surface area contributed by atoms with Crippen molar-refractivity contribution in [2.75, 3.05) is 26.8 Å². The van der Waals surface area contributed by atoms with Gasteiger partial charge in [0, 0.05) is 24.7 Å². The Morgan fingerprint density at radius 2 is 1.92 bits per heavy atom. The first-order valence-corrected chi connectivity index (χ1v) is 8.22. The lowest BCUT2D eigenvalue weighted by Gasteiger charge is -2.06. The Morgan fingerprint density at radius 1 is 1.20 bits per heavy atom. The van der Waals surface area contributed by atoms with Crippen molar-refractivity contribution in [2.45, 2.75) is 19.8 Å². The maximum absolute atomic E-state index is 11.7. The number of benzene rings is 1. The van der Waals surface area contributed by atoms with Crippen molar-refractivity contribution >= 4 is 17.9 Å². The summed E-state index contributed by atoms with van der Waals surface area (Å²) in [6.07, 6.45) is 6.21. The molecule has 3 N–H and O–H groups in total. The molecule has 0 spiro atoms. The molecule has 0 saturated carbocycles. The van der Waals surface area contributed by atoms with Crippen LogP contribution in [0.15, 0.2) is 42.0 Å². The van der Waals surface area contributed by atoms with Gasteiger partial charge in [-0.1, -0.05) is 18.2 Å². The Kier molecular flexibility index (Phi) is 9.70. The number of unbranched alkanes of at least 4 members (excludes halogenated alkanes) is 1. The molecule has 0 bridgehead atoms. The summed E-state index contributed by atoms with van der Waals surface area (Å²) in [5, 5.41) is 14.3. The van der Waals surface area contributed by atoms with E-state index in [2.05, 4.69) is 10.6 Å². The Hall–Kier alpha value is -2.60. The van der Waals surface area contributed by atoms with Gasteiger partial charge in [0.05, 0.1) is 13.7 Å². The largest absolute Gasteiger partial charge is 0.497 e. The van der Waals surface area contributed by atoms with Gasteiger partial charge in [0.1, 0.15) is 5.75 Å². The van der Waals surface area contributed by atoms with E-state index in [1.54, 1.807) is 20.1 Å². The molecule has 0 unspecified atom stereocenters. The van der Waals surface area contributed by atoms with E-state index in [0.717, 1.165) is 24.2 Å². The summed E-state index contributed by atoms with van der Waals surface area (Å²) < 4.78 is 5.13. The molecule has 0 heterocycles. The van der Waals surface area contributed by atoms with Crippen LogP contribution in [0.5, 0.6) is 5.75 Å². The van der Waals surface area contributed by atoms with E-state index >= 15 is 0 Å². The van der Waals surface area contributed by atoms with E-state index in [4.69, 9.17) is 9.84 Å². The van der Waals surface area contributed by atoms with Crippen LogP contribution in [0, 0.1) is 0 Å². The van der Waals surface area contributed by atoms with Gasteiger partial charge >= 0.3 is 0 Å². The number of amides is 2. The molecule has 25 heavy (non-hydrogen) atoms.